The van der Waals surface area contributed by atoms with E-state index in [-0.39, 0.29) is 41.4 Å². The molecule has 2 heterocycles. The third-order valence-corrected chi connectivity index (χ3v) is 9.68. The van der Waals surface area contributed by atoms with Crippen molar-refractivity contribution in [2.24, 2.45) is 16.7 Å². The van der Waals surface area contributed by atoms with Crippen LogP contribution in [0.25, 0.3) is 0 Å². The molecule has 0 radical (unpaired) electrons. The van der Waals surface area contributed by atoms with E-state index in [1.807, 2.05) is 17.0 Å². The lowest BCUT2D eigenvalue weighted by Gasteiger charge is -2.65. The Morgan fingerprint density at radius 3 is 2.35 bits per heavy atom. The number of nitrogens with zero attached hydrogens (tertiary/aromatic N) is 3. The maximum absolute atomic E-state index is 13.6. The average Bonchev–Trinajstić information content (AvgIpc) is 3.20. The molecular formula is C30H36ClN3O5S. The molecule has 0 aromatic heterocycles. The Morgan fingerprint density at radius 2 is 1.75 bits per heavy atom. The predicted octanol–water partition coefficient (Wildman–Crippen LogP) is 5.24. The molecule has 2 fully saturated rings. The number of halogens is 1. The number of fused-ring (bicyclic) bond motifs is 1. The number of rotatable bonds is 7. The van der Waals surface area contributed by atoms with Crippen molar-refractivity contribution in [1.82, 2.24) is 4.90 Å². The first-order valence-electron chi connectivity index (χ1n) is 13.6. The Bertz CT molecular complexity index is 1460. The van der Waals surface area contributed by atoms with Gasteiger partial charge in [0.05, 0.1) is 23.4 Å². The van der Waals surface area contributed by atoms with Crippen molar-refractivity contribution in [1.29, 1.82) is 5.26 Å². The molecular weight excluding hydrogens is 550 g/mol. The summed E-state index contributed by atoms with van der Waals surface area (Å²) in [5.41, 5.74) is 2.63. The highest BCUT2D eigenvalue weighted by molar-refractivity contribution is 7.85. The van der Waals surface area contributed by atoms with Gasteiger partial charge in [0.2, 0.25) is 0 Å². The molecule has 0 spiro atoms. The van der Waals surface area contributed by atoms with Crippen molar-refractivity contribution >= 4 is 33.3 Å². The maximum atomic E-state index is 13.6. The van der Waals surface area contributed by atoms with E-state index in [4.69, 9.17) is 20.5 Å². The van der Waals surface area contributed by atoms with E-state index in [1.54, 1.807) is 18.2 Å². The van der Waals surface area contributed by atoms with E-state index < -0.39 is 10.1 Å². The molecule has 2 aromatic rings. The fraction of sp³-hybridized carbons (Fsp3) is 0.533. The monoisotopic (exact) mass is 585 g/mol. The van der Waals surface area contributed by atoms with E-state index in [1.165, 1.54) is 0 Å². The molecule has 0 atom stereocenters. The summed E-state index contributed by atoms with van der Waals surface area (Å²) in [6, 6.07) is 13.2. The van der Waals surface area contributed by atoms with Crippen molar-refractivity contribution in [3.8, 4) is 11.8 Å². The topological polar surface area (TPSA) is 99.9 Å². The van der Waals surface area contributed by atoms with Crippen molar-refractivity contribution < 1.29 is 22.1 Å². The fourth-order valence-electron chi connectivity index (χ4n) is 7.32. The lowest BCUT2D eigenvalue weighted by Crippen LogP contribution is -2.74. The second kappa shape index (κ2) is 10.2. The minimum atomic E-state index is -3.43. The largest absolute Gasteiger partial charge is 0.489 e. The summed E-state index contributed by atoms with van der Waals surface area (Å²) in [5, 5.41) is 9.54. The van der Waals surface area contributed by atoms with Crippen LogP contribution < -0.4 is 9.64 Å². The first-order chi connectivity index (χ1) is 18.7. The Morgan fingerprint density at radius 1 is 1.07 bits per heavy atom. The minimum Gasteiger partial charge on any atom is -0.489 e. The molecule has 1 aliphatic carbocycles. The van der Waals surface area contributed by atoms with Crippen molar-refractivity contribution in [2.75, 3.05) is 30.9 Å². The van der Waals surface area contributed by atoms with Gasteiger partial charge in [-0.1, -0.05) is 39.3 Å². The van der Waals surface area contributed by atoms with Gasteiger partial charge >= 0.3 is 0 Å². The van der Waals surface area contributed by atoms with E-state index in [2.05, 4.69) is 44.7 Å². The summed E-state index contributed by atoms with van der Waals surface area (Å²) in [6.07, 6.45) is 2.64. The van der Waals surface area contributed by atoms with Gasteiger partial charge in [0.15, 0.2) is 0 Å². The number of amides is 1. The number of anilines is 1. The molecule has 3 aliphatic rings. The van der Waals surface area contributed by atoms with E-state index in [9.17, 15) is 18.5 Å². The molecule has 214 valence electrons. The number of nitriles is 1. The van der Waals surface area contributed by atoms with Gasteiger partial charge in [-0.25, -0.2) is 0 Å². The van der Waals surface area contributed by atoms with Gasteiger partial charge in [-0.2, -0.15) is 13.7 Å². The van der Waals surface area contributed by atoms with Crippen LogP contribution >= 0.6 is 11.6 Å². The third kappa shape index (κ3) is 5.17. The number of ether oxygens (including phenoxy) is 1. The van der Waals surface area contributed by atoms with Crippen LogP contribution in [-0.4, -0.2) is 57.3 Å². The third-order valence-electron chi connectivity index (χ3n) is 8.81. The van der Waals surface area contributed by atoms with Crippen LogP contribution in [-0.2, 0) is 20.8 Å². The van der Waals surface area contributed by atoms with Gasteiger partial charge < -0.3 is 14.5 Å². The zero-order chi connectivity index (χ0) is 29.0. The highest BCUT2D eigenvalue weighted by Gasteiger charge is 2.67. The summed E-state index contributed by atoms with van der Waals surface area (Å²) in [7, 11) is -3.43. The summed E-state index contributed by atoms with van der Waals surface area (Å²) >= 11 is 6.24. The molecule has 2 aromatic carbocycles. The Labute approximate surface area is 241 Å². The number of carbonyl (C=O) groups is 1. The molecule has 0 N–H and O–H groups in total. The van der Waals surface area contributed by atoms with Crippen LogP contribution in [0.15, 0.2) is 36.4 Å². The summed E-state index contributed by atoms with van der Waals surface area (Å²) in [4.78, 5) is 17.9. The molecule has 0 unspecified atom stereocenters. The molecule has 0 bridgehead atoms. The second-order valence-electron chi connectivity index (χ2n) is 12.5. The van der Waals surface area contributed by atoms with Crippen molar-refractivity contribution in [3.63, 3.8) is 0 Å². The van der Waals surface area contributed by atoms with Gasteiger partial charge in [-0.05, 0) is 54.7 Å². The maximum Gasteiger partial charge on any atom is 0.264 e. The molecule has 10 heteroatoms. The van der Waals surface area contributed by atoms with Gasteiger partial charge in [-0.15, -0.1) is 0 Å². The molecule has 8 nitrogen and oxygen atoms in total. The number of hydrogen-bond acceptors (Lipinski definition) is 7. The fourth-order valence-corrected chi connectivity index (χ4v) is 7.98. The van der Waals surface area contributed by atoms with Crippen LogP contribution in [0.5, 0.6) is 5.75 Å². The van der Waals surface area contributed by atoms with Crippen LogP contribution in [0.1, 0.15) is 62.0 Å². The van der Waals surface area contributed by atoms with Gasteiger partial charge in [0.1, 0.15) is 17.9 Å². The number of piperidine rings is 1. The smallest absolute Gasteiger partial charge is 0.264 e. The first kappa shape index (κ1) is 28.7. The van der Waals surface area contributed by atoms with E-state index in [0.717, 1.165) is 49.0 Å². The molecule has 1 saturated heterocycles. The van der Waals surface area contributed by atoms with Crippen molar-refractivity contribution in [2.45, 2.75) is 59.2 Å². The lowest BCUT2D eigenvalue weighted by atomic mass is 9.49. The Kier molecular flexibility index (Phi) is 7.35. The SMILES string of the molecule is CC1(C)[C@H](Oc2ccc(C#N)c(Cl)c2)C(C)(C)[C@H]1N1Cc2cc(N3CCC(COS(C)(=O)=O)CC3)ccc2C1=O. The lowest BCUT2D eigenvalue weighted by molar-refractivity contribution is -0.199. The normalized spacial score (nSPS) is 23.9. The van der Waals surface area contributed by atoms with Crippen LogP contribution in [0.2, 0.25) is 5.02 Å². The predicted molar refractivity (Wildman–Crippen MR) is 154 cm³/mol. The number of carbonyl (C=O) groups excluding carboxylic acids is 1. The van der Waals surface area contributed by atoms with Crippen LogP contribution in [0.3, 0.4) is 0 Å². The van der Waals surface area contributed by atoms with Gasteiger partial charge in [0, 0.05) is 53.8 Å². The standard InChI is InChI=1S/C30H36ClN3O5S/c1-29(2)27(30(3,4)28(29)39-23-8-6-20(16-32)25(31)15-23)34-17-21-14-22(7-9-24(21)26(34)35)33-12-10-19(11-13-33)18-38-40(5,36)37/h6-9,14-15,19,27-28H,10-13,17-18H2,1-5H3/t27-,28-. The number of hydrogen-bond donors (Lipinski definition) is 0. The average molecular weight is 586 g/mol. The summed E-state index contributed by atoms with van der Waals surface area (Å²) in [6.45, 7) is 11.0. The van der Waals surface area contributed by atoms with Crippen LogP contribution in [0, 0.1) is 28.1 Å². The number of benzene rings is 2. The quantitative estimate of drug-likeness (QED) is 0.410. The Balaban J connectivity index is 1.27. The Hall–Kier alpha value is -2.80. The van der Waals surface area contributed by atoms with Crippen LogP contribution in [0.4, 0.5) is 5.69 Å². The molecule has 40 heavy (non-hydrogen) atoms. The van der Waals surface area contributed by atoms with Crippen molar-refractivity contribution in [3.05, 3.63) is 58.1 Å². The molecule has 1 amide bonds. The molecule has 5 rings (SSSR count). The summed E-state index contributed by atoms with van der Waals surface area (Å²) in [5.74, 6) is 0.876. The molecule has 1 saturated carbocycles. The molecule has 2 aliphatic heterocycles. The second-order valence-corrected chi connectivity index (χ2v) is 14.5. The van der Waals surface area contributed by atoms with Gasteiger partial charge in [0.25, 0.3) is 16.0 Å². The zero-order valence-corrected chi connectivity index (χ0v) is 25.2. The first-order valence-corrected chi connectivity index (χ1v) is 15.8. The minimum absolute atomic E-state index is 0.0345. The van der Waals surface area contributed by atoms with Gasteiger partial charge in [-0.3, -0.25) is 8.98 Å². The summed E-state index contributed by atoms with van der Waals surface area (Å²) < 4.78 is 34.1. The highest BCUT2D eigenvalue weighted by atomic mass is 35.5. The van der Waals surface area contributed by atoms with E-state index in [0.29, 0.717) is 22.9 Å². The zero-order valence-electron chi connectivity index (χ0n) is 23.6. The van der Waals surface area contributed by atoms with E-state index >= 15 is 0 Å². The highest BCUT2D eigenvalue weighted by Crippen LogP contribution is 2.59.